The smallest absolute Gasteiger partial charge is 0.357 e. The summed E-state index contributed by atoms with van der Waals surface area (Å²) in [4.78, 5) is 7.37. The summed E-state index contributed by atoms with van der Waals surface area (Å²) in [7, 11) is -2.20. The fraction of sp³-hybridized carbons (Fsp3) is 0.600. The molecular weight excluding hydrogens is 297 g/mol. The van der Waals surface area contributed by atoms with E-state index in [1.807, 2.05) is 0 Å². The summed E-state index contributed by atoms with van der Waals surface area (Å²) in [5.74, 6) is 0.272. The quantitative estimate of drug-likeness (QED) is 0.746. The van der Waals surface area contributed by atoms with Gasteiger partial charge in [-0.1, -0.05) is 0 Å². The highest BCUT2D eigenvalue weighted by molar-refractivity contribution is 7.89. The predicted octanol–water partition coefficient (Wildman–Crippen LogP) is 1.53. The lowest BCUT2D eigenvalue weighted by Crippen LogP contribution is -2.25. The van der Waals surface area contributed by atoms with Crippen molar-refractivity contribution in [2.24, 2.45) is 0 Å². The van der Waals surface area contributed by atoms with Crippen LogP contribution in [0, 0.1) is 0 Å². The van der Waals surface area contributed by atoms with E-state index < -0.39 is 22.6 Å². The molecule has 1 heterocycles. The SMILES string of the molecule is CNc1ncc(S(=O)(=O)NCCCCC(F)(F)F)cn1. The topological polar surface area (TPSA) is 84.0 Å². The Morgan fingerprint density at radius 3 is 2.30 bits per heavy atom. The van der Waals surface area contributed by atoms with Crippen LogP contribution >= 0.6 is 0 Å². The van der Waals surface area contributed by atoms with Gasteiger partial charge in [-0.25, -0.2) is 23.1 Å². The molecule has 0 aliphatic carbocycles. The number of nitrogens with zero attached hydrogens (tertiary/aromatic N) is 2. The van der Waals surface area contributed by atoms with E-state index in [1.54, 1.807) is 7.05 Å². The van der Waals surface area contributed by atoms with Crippen molar-refractivity contribution in [3.05, 3.63) is 12.4 Å². The normalized spacial score (nSPS) is 12.4. The number of alkyl halides is 3. The first-order chi connectivity index (χ1) is 9.24. The zero-order valence-corrected chi connectivity index (χ0v) is 11.6. The van der Waals surface area contributed by atoms with Crippen LogP contribution in [0.5, 0.6) is 0 Å². The van der Waals surface area contributed by atoms with Gasteiger partial charge in [0.2, 0.25) is 16.0 Å². The highest BCUT2D eigenvalue weighted by atomic mass is 32.2. The Bertz CT molecular complexity index is 516. The van der Waals surface area contributed by atoms with Crippen LogP contribution in [0.4, 0.5) is 19.1 Å². The molecule has 0 amide bonds. The maximum atomic E-state index is 11.9. The fourth-order valence-electron chi connectivity index (χ4n) is 1.32. The third kappa shape index (κ3) is 5.70. The Morgan fingerprint density at radius 1 is 1.20 bits per heavy atom. The highest BCUT2D eigenvalue weighted by Crippen LogP contribution is 2.21. The molecule has 1 rings (SSSR count). The van der Waals surface area contributed by atoms with Crippen LogP contribution in [0.25, 0.3) is 0 Å². The van der Waals surface area contributed by atoms with E-state index in [4.69, 9.17) is 0 Å². The zero-order valence-electron chi connectivity index (χ0n) is 10.7. The molecule has 1 aromatic heterocycles. The average molecular weight is 312 g/mol. The van der Waals surface area contributed by atoms with E-state index in [9.17, 15) is 21.6 Å². The second-order valence-corrected chi connectivity index (χ2v) is 5.73. The first kappa shape index (κ1) is 16.6. The van der Waals surface area contributed by atoms with Gasteiger partial charge in [-0.3, -0.25) is 0 Å². The summed E-state index contributed by atoms with van der Waals surface area (Å²) < 4.78 is 61.4. The van der Waals surface area contributed by atoms with E-state index >= 15 is 0 Å². The maximum absolute atomic E-state index is 11.9. The molecule has 0 saturated carbocycles. The summed E-state index contributed by atoms with van der Waals surface area (Å²) in [5.41, 5.74) is 0. The monoisotopic (exact) mass is 312 g/mol. The van der Waals surface area contributed by atoms with Crippen LogP contribution in [0.1, 0.15) is 19.3 Å². The number of rotatable bonds is 7. The van der Waals surface area contributed by atoms with E-state index in [1.165, 1.54) is 0 Å². The van der Waals surface area contributed by atoms with Crippen molar-refractivity contribution in [1.82, 2.24) is 14.7 Å². The van der Waals surface area contributed by atoms with Crippen molar-refractivity contribution in [2.45, 2.75) is 30.3 Å². The second-order valence-electron chi connectivity index (χ2n) is 3.96. The number of hydrogen-bond acceptors (Lipinski definition) is 5. The van der Waals surface area contributed by atoms with Gasteiger partial charge in [0.05, 0.1) is 12.4 Å². The van der Waals surface area contributed by atoms with Gasteiger partial charge in [0, 0.05) is 20.0 Å². The Kier molecular flexibility index (Phi) is 5.69. The summed E-state index contributed by atoms with van der Waals surface area (Å²) in [6.07, 6.45) is -2.91. The Labute approximate surface area is 114 Å². The molecule has 0 atom stereocenters. The number of sulfonamides is 1. The van der Waals surface area contributed by atoms with Gasteiger partial charge in [-0.2, -0.15) is 13.2 Å². The molecule has 114 valence electrons. The molecule has 0 aliphatic rings. The van der Waals surface area contributed by atoms with Gasteiger partial charge < -0.3 is 5.32 Å². The van der Waals surface area contributed by atoms with Gasteiger partial charge >= 0.3 is 6.18 Å². The van der Waals surface area contributed by atoms with Gasteiger partial charge in [-0.15, -0.1) is 0 Å². The molecule has 0 saturated heterocycles. The van der Waals surface area contributed by atoms with E-state index in [2.05, 4.69) is 20.0 Å². The number of nitrogens with one attached hydrogen (secondary N) is 2. The van der Waals surface area contributed by atoms with Crippen molar-refractivity contribution >= 4 is 16.0 Å². The van der Waals surface area contributed by atoms with E-state index in [0.717, 1.165) is 12.4 Å². The lowest BCUT2D eigenvalue weighted by molar-refractivity contribution is -0.135. The number of halogens is 3. The van der Waals surface area contributed by atoms with Crippen molar-refractivity contribution in [2.75, 3.05) is 18.9 Å². The molecule has 0 aliphatic heterocycles. The molecule has 1 aromatic rings. The summed E-state index contributed by atoms with van der Waals surface area (Å²) in [6, 6.07) is 0. The molecule has 6 nitrogen and oxygen atoms in total. The summed E-state index contributed by atoms with van der Waals surface area (Å²) in [6.45, 7) is -0.0633. The minimum Gasteiger partial charge on any atom is -0.357 e. The lowest BCUT2D eigenvalue weighted by atomic mass is 10.2. The van der Waals surface area contributed by atoms with Crippen LogP contribution in [-0.2, 0) is 10.0 Å². The third-order valence-corrected chi connectivity index (χ3v) is 3.76. The van der Waals surface area contributed by atoms with Crippen molar-refractivity contribution in [3.8, 4) is 0 Å². The van der Waals surface area contributed by atoms with Crippen molar-refractivity contribution < 1.29 is 21.6 Å². The van der Waals surface area contributed by atoms with E-state index in [0.29, 0.717) is 0 Å². The second kappa shape index (κ2) is 6.84. The minimum atomic E-state index is -4.21. The average Bonchev–Trinajstić information content (AvgIpc) is 2.37. The van der Waals surface area contributed by atoms with Crippen LogP contribution in [0.3, 0.4) is 0 Å². The lowest BCUT2D eigenvalue weighted by Gasteiger charge is -2.08. The molecule has 0 fully saturated rings. The van der Waals surface area contributed by atoms with Crippen LogP contribution in [0.15, 0.2) is 17.3 Å². The first-order valence-corrected chi connectivity index (χ1v) is 7.29. The van der Waals surface area contributed by atoms with Crippen molar-refractivity contribution in [3.63, 3.8) is 0 Å². The van der Waals surface area contributed by atoms with Crippen LogP contribution in [0.2, 0.25) is 0 Å². The van der Waals surface area contributed by atoms with Gasteiger partial charge in [0.1, 0.15) is 4.90 Å². The number of anilines is 1. The maximum Gasteiger partial charge on any atom is 0.389 e. The summed E-state index contributed by atoms with van der Waals surface area (Å²) in [5, 5.41) is 2.64. The predicted molar refractivity (Wildman–Crippen MR) is 66.7 cm³/mol. The fourth-order valence-corrected chi connectivity index (χ4v) is 2.29. The molecule has 0 aromatic carbocycles. The largest absolute Gasteiger partial charge is 0.389 e. The molecule has 20 heavy (non-hydrogen) atoms. The molecular formula is C10H15F3N4O2S. The molecule has 0 spiro atoms. The molecule has 0 bridgehead atoms. The number of hydrogen-bond donors (Lipinski definition) is 2. The molecule has 10 heteroatoms. The molecule has 2 N–H and O–H groups in total. The van der Waals surface area contributed by atoms with Crippen LogP contribution in [-0.4, -0.2) is 38.2 Å². The van der Waals surface area contributed by atoms with Gasteiger partial charge in [0.15, 0.2) is 0 Å². The van der Waals surface area contributed by atoms with E-state index in [-0.39, 0.29) is 30.2 Å². The standard InChI is InChI=1S/C10H15F3N4O2S/c1-14-9-15-6-8(7-16-9)20(18,19)17-5-3-2-4-10(11,12)13/h6-7,17H,2-5H2,1H3,(H,14,15,16). The Balaban J connectivity index is 2.45. The third-order valence-electron chi connectivity index (χ3n) is 2.34. The number of aromatic nitrogens is 2. The number of unbranched alkanes of at least 4 members (excludes halogenated alkanes) is 1. The van der Waals surface area contributed by atoms with Gasteiger partial charge in [-0.05, 0) is 12.8 Å². The highest BCUT2D eigenvalue weighted by Gasteiger charge is 2.26. The van der Waals surface area contributed by atoms with Gasteiger partial charge in [0.25, 0.3) is 0 Å². The molecule has 0 unspecified atom stereocenters. The summed E-state index contributed by atoms with van der Waals surface area (Å²) >= 11 is 0. The zero-order chi connectivity index (χ0) is 15.2. The van der Waals surface area contributed by atoms with Crippen LogP contribution < -0.4 is 10.0 Å². The Morgan fingerprint density at radius 2 is 1.80 bits per heavy atom. The minimum absolute atomic E-state index is 0.0633. The first-order valence-electron chi connectivity index (χ1n) is 5.81. The Hall–Kier alpha value is -1.42. The van der Waals surface area contributed by atoms with Crippen molar-refractivity contribution in [1.29, 1.82) is 0 Å². The molecule has 0 radical (unpaired) electrons.